The predicted molar refractivity (Wildman–Crippen MR) is 97.4 cm³/mol. The first-order valence-corrected chi connectivity index (χ1v) is 9.15. The average Bonchev–Trinajstić information content (AvgIpc) is 3.00. The van der Waals surface area contributed by atoms with Gasteiger partial charge in [-0.3, -0.25) is 4.57 Å². The molecule has 0 fully saturated rings. The minimum absolute atomic E-state index is 0.264. The van der Waals surface area contributed by atoms with Gasteiger partial charge in [-0.25, -0.2) is 4.39 Å². The summed E-state index contributed by atoms with van der Waals surface area (Å²) in [6, 6.07) is 13.8. The van der Waals surface area contributed by atoms with Crippen molar-refractivity contribution in [2.45, 2.75) is 24.9 Å². The van der Waals surface area contributed by atoms with E-state index in [1.165, 1.54) is 12.1 Å². The van der Waals surface area contributed by atoms with E-state index in [9.17, 15) is 4.39 Å². The second-order valence-electron chi connectivity index (χ2n) is 5.33. The van der Waals surface area contributed by atoms with Crippen LogP contribution in [0.15, 0.2) is 53.7 Å². The van der Waals surface area contributed by atoms with Gasteiger partial charge in [0.1, 0.15) is 5.82 Å². The Morgan fingerprint density at radius 1 is 1.04 bits per heavy atom. The highest BCUT2D eigenvalue weighted by Gasteiger charge is 2.16. The quantitative estimate of drug-likeness (QED) is 0.421. The summed E-state index contributed by atoms with van der Waals surface area (Å²) in [6.45, 7) is 2.16. The van der Waals surface area contributed by atoms with Crippen LogP contribution in [0.3, 0.4) is 0 Å². The maximum atomic E-state index is 13.3. The van der Waals surface area contributed by atoms with Crippen molar-refractivity contribution < 1.29 is 4.39 Å². The zero-order valence-corrected chi connectivity index (χ0v) is 14.8. The van der Waals surface area contributed by atoms with Gasteiger partial charge in [-0.1, -0.05) is 36.7 Å². The van der Waals surface area contributed by atoms with Crippen molar-refractivity contribution >= 4 is 23.4 Å². The Morgan fingerprint density at radius 2 is 1.75 bits per heavy atom. The third kappa shape index (κ3) is 3.79. The Morgan fingerprint density at radius 3 is 2.42 bits per heavy atom. The fourth-order valence-corrected chi connectivity index (χ4v) is 3.44. The molecule has 0 N–H and O–H groups in total. The number of benzene rings is 2. The fourth-order valence-electron chi connectivity index (χ4n) is 2.28. The van der Waals surface area contributed by atoms with Crippen molar-refractivity contribution in [3.63, 3.8) is 0 Å². The Kier molecular flexibility index (Phi) is 5.53. The van der Waals surface area contributed by atoms with Crippen molar-refractivity contribution in [1.82, 2.24) is 14.8 Å². The molecular formula is C18H17ClFN3S. The third-order valence-corrected chi connectivity index (χ3v) is 4.82. The Hall–Kier alpha value is -1.85. The topological polar surface area (TPSA) is 30.7 Å². The van der Waals surface area contributed by atoms with Gasteiger partial charge >= 0.3 is 0 Å². The lowest BCUT2D eigenvalue weighted by molar-refractivity contribution is 0.627. The van der Waals surface area contributed by atoms with Crippen LogP contribution in [-0.4, -0.2) is 20.5 Å². The van der Waals surface area contributed by atoms with Crippen LogP contribution in [0.2, 0.25) is 5.02 Å². The molecule has 0 aliphatic heterocycles. The van der Waals surface area contributed by atoms with Gasteiger partial charge in [0, 0.05) is 22.0 Å². The minimum atomic E-state index is -0.264. The Labute approximate surface area is 149 Å². The number of halogens is 2. The SMILES string of the molecule is CCCCSc1nnc(-c2ccc(Cl)cc2)n1-c1ccc(F)cc1. The molecule has 24 heavy (non-hydrogen) atoms. The number of nitrogens with zero attached hydrogens (tertiary/aromatic N) is 3. The molecule has 0 aliphatic rings. The summed E-state index contributed by atoms with van der Waals surface area (Å²) in [7, 11) is 0. The van der Waals surface area contributed by atoms with Gasteiger partial charge in [-0.05, 0) is 55.0 Å². The van der Waals surface area contributed by atoms with E-state index in [4.69, 9.17) is 11.6 Å². The van der Waals surface area contributed by atoms with Gasteiger partial charge in [0.05, 0.1) is 0 Å². The lowest BCUT2D eigenvalue weighted by Crippen LogP contribution is -2.00. The van der Waals surface area contributed by atoms with Crippen LogP contribution in [0, 0.1) is 5.82 Å². The molecule has 0 saturated carbocycles. The second kappa shape index (κ2) is 7.81. The molecular weight excluding hydrogens is 345 g/mol. The summed E-state index contributed by atoms with van der Waals surface area (Å²) in [5.74, 6) is 1.42. The zero-order chi connectivity index (χ0) is 16.9. The molecule has 2 aromatic carbocycles. The number of unbranched alkanes of at least 4 members (excludes halogenated alkanes) is 1. The van der Waals surface area contributed by atoms with Crippen LogP contribution in [0.1, 0.15) is 19.8 Å². The van der Waals surface area contributed by atoms with Crippen molar-refractivity contribution in [2.75, 3.05) is 5.75 Å². The molecule has 1 aromatic heterocycles. The van der Waals surface area contributed by atoms with Crippen LogP contribution >= 0.6 is 23.4 Å². The zero-order valence-electron chi connectivity index (χ0n) is 13.2. The summed E-state index contributed by atoms with van der Waals surface area (Å²) in [6.07, 6.45) is 2.24. The number of rotatable bonds is 6. The van der Waals surface area contributed by atoms with Crippen molar-refractivity contribution in [1.29, 1.82) is 0 Å². The van der Waals surface area contributed by atoms with E-state index >= 15 is 0 Å². The van der Waals surface area contributed by atoms with Crippen LogP contribution in [0.25, 0.3) is 17.1 Å². The summed E-state index contributed by atoms with van der Waals surface area (Å²) in [5.41, 5.74) is 1.75. The van der Waals surface area contributed by atoms with E-state index in [0.717, 1.165) is 40.8 Å². The largest absolute Gasteiger partial charge is 0.270 e. The smallest absolute Gasteiger partial charge is 0.196 e. The van der Waals surface area contributed by atoms with Crippen molar-refractivity contribution in [3.8, 4) is 17.1 Å². The summed E-state index contributed by atoms with van der Waals surface area (Å²) in [4.78, 5) is 0. The molecule has 124 valence electrons. The number of aromatic nitrogens is 3. The number of thioether (sulfide) groups is 1. The van der Waals surface area contributed by atoms with Crippen LogP contribution < -0.4 is 0 Å². The Balaban J connectivity index is 2.05. The summed E-state index contributed by atoms with van der Waals surface area (Å²) >= 11 is 7.63. The van der Waals surface area contributed by atoms with E-state index in [2.05, 4.69) is 17.1 Å². The maximum Gasteiger partial charge on any atom is 0.196 e. The lowest BCUT2D eigenvalue weighted by Gasteiger charge is -2.10. The van der Waals surface area contributed by atoms with Crippen molar-refractivity contribution in [2.24, 2.45) is 0 Å². The molecule has 0 aliphatic carbocycles. The molecule has 0 spiro atoms. The molecule has 0 radical (unpaired) electrons. The maximum absolute atomic E-state index is 13.3. The molecule has 1 heterocycles. The lowest BCUT2D eigenvalue weighted by atomic mass is 10.2. The Bertz CT molecular complexity index is 800. The molecule has 0 saturated heterocycles. The van der Waals surface area contributed by atoms with Crippen LogP contribution in [0.5, 0.6) is 0 Å². The number of hydrogen-bond donors (Lipinski definition) is 0. The number of hydrogen-bond acceptors (Lipinski definition) is 3. The standard InChI is InChI=1S/C18H17ClFN3S/c1-2-3-12-24-18-22-21-17(13-4-6-14(19)7-5-13)23(18)16-10-8-15(20)9-11-16/h4-11H,2-3,12H2,1H3. The molecule has 3 nitrogen and oxygen atoms in total. The van der Waals surface area contributed by atoms with E-state index in [0.29, 0.717) is 5.02 Å². The van der Waals surface area contributed by atoms with Gasteiger partial charge in [0.15, 0.2) is 11.0 Å². The van der Waals surface area contributed by atoms with Gasteiger partial charge < -0.3 is 0 Å². The second-order valence-corrected chi connectivity index (χ2v) is 6.83. The van der Waals surface area contributed by atoms with Crippen LogP contribution in [-0.2, 0) is 0 Å². The van der Waals surface area contributed by atoms with E-state index in [1.807, 2.05) is 28.8 Å². The average molecular weight is 362 g/mol. The molecule has 3 rings (SSSR count). The molecule has 3 aromatic rings. The minimum Gasteiger partial charge on any atom is -0.270 e. The molecule has 0 atom stereocenters. The van der Waals surface area contributed by atoms with Gasteiger partial charge in [0.25, 0.3) is 0 Å². The van der Waals surface area contributed by atoms with Crippen LogP contribution in [0.4, 0.5) is 4.39 Å². The summed E-state index contributed by atoms with van der Waals surface area (Å²) in [5, 5.41) is 10.2. The molecule has 0 amide bonds. The van der Waals surface area contributed by atoms with E-state index in [1.54, 1.807) is 23.9 Å². The monoisotopic (exact) mass is 361 g/mol. The highest BCUT2D eigenvalue weighted by molar-refractivity contribution is 7.99. The molecule has 0 unspecified atom stereocenters. The predicted octanol–water partition coefficient (Wildman–Crippen LogP) is 5.62. The first kappa shape index (κ1) is 17.0. The van der Waals surface area contributed by atoms with Gasteiger partial charge in [-0.15, -0.1) is 10.2 Å². The van der Waals surface area contributed by atoms with E-state index < -0.39 is 0 Å². The molecule has 0 bridgehead atoms. The molecule has 6 heteroatoms. The third-order valence-electron chi connectivity index (χ3n) is 3.55. The normalized spacial score (nSPS) is 11.0. The van der Waals surface area contributed by atoms with E-state index in [-0.39, 0.29) is 5.82 Å². The highest BCUT2D eigenvalue weighted by Crippen LogP contribution is 2.29. The van der Waals surface area contributed by atoms with Crippen molar-refractivity contribution in [3.05, 3.63) is 59.4 Å². The summed E-state index contributed by atoms with van der Waals surface area (Å²) < 4.78 is 15.2. The first-order valence-electron chi connectivity index (χ1n) is 7.79. The highest BCUT2D eigenvalue weighted by atomic mass is 35.5. The van der Waals surface area contributed by atoms with Gasteiger partial charge in [0.2, 0.25) is 0 Å². The van der Waals surface area contributed by atoms with Gasteiger partial charge in [-0.2, -0.15) is 0 Å². The fraction of sp³-hybridized carbons (Fsp3) is 0.222. The first-order chi connectivity index (χ1) is 11.7.